The first-order chi connectivity index (χ1) is 18.3. The maximum absolute atomic E-state index is 10.2. The first-order valence-electron chi connectivity index (χ1n) is 12.7. The molecule has 2 aliphatic heterocycles. The standard InChI is InChI=1S/C28H31N7O3/c1-16(2)28(23(14-29)25(30)38-26-24(28)17(3)31-33-26)22-12-20(11-21(13-22)15-36)6-5-19-7-9-35(10-8-19)27-34-32-18(4)37-27/h11-13,16,19,36H,7-10,15,30H2,1-4H3,(H,31,33). The number of nitrogens with one attached hydrogen (secondary N) is 1. The number of anilines is 1. The zero-order valence-electron chi connectivity index (χ0n) is 22.0. The molecule has 0 saturated carbocycles. The van der Waals surface area contributed by atoms with Crippen LogP contribution in [-0.4, -0.2) is 38.6 Å². The van der Waals surface area contributed by atoms with Crippen LogP contribution in [0.4, 0.5) is 6.01 Å². The zero-order valence-corrected chi connectivity index (χ0v) is 22.0. The van der Waals surface area contributed by atoms with Gasteiger partial charge >= 0.3 is 6.01 Å². The van der Waals surface area contributed by atoms with Gasteiger partial charge in [-0.15, -0.1) is 5.10 Å². The topological polar surface area (TPSA) is 150 Å². The summed E-state index contributed by atoms with van der Waals surface area (Å²) >= 11 is 0. The van der Waals surface area contributed by atoms with Gasteiger partial charge in [-0.05, 0) is 48.9 Å². The zero-order chi connectivity index (χ0) is 27.0. The van der Waals surface area contributed by atoms with Gasteiger partial charge in [0.05, 0.1) is 23.3 Å². The third-order valence-electron chi connectivity index (χ3n) is 7.47. The van der Waals surface area contributed by atoms with Crippen LogP contribution in [-0.2, 0) is 12.0 Å². The number of rotatable bonds is 4. The monoisotopic (exact) mass is 513 g/mol. The van der Waals surface area contributed by atoms with E-state index in [1.54, 1.807) is 6.92 Å². The lowest BCUT2D eigenvalue weighted by Crippen LogP contribution is -2.41. The molecule has 0 amide bonds. The molecule has 0 bridgehead atoms. The number of aromatic amines is 1. The Morgan fingerprint density at radius 2 is 2.00 bits per heavy atom. The van der Waals surface area contributed by atoms with Crippen molar-refractivity contribution >= 4 is 6.01 Å². The third-order valence-corrected chi connectivity index (χ3v) is 7.47. The van der Waals surface area contributed by atoms with Crippen molar-refractivity contribution in [2.24, 2.45) is 17.6 Å². The first kappa shape index (κ1) is 25.4. The number of hydrogen-bond donors (Lipinski definition) is 3. The van der Waals surface area contributed by atoms with Gasteiger partial charge in [0.25, 0.3) is 0 Å². The average Bonchev–Trinajstić information content (AvgIpc) is 3.51. The number of allylic oxidation sites excluding steroid dienone is 1. The number of hydrogen-bond acceptors (Lipinski definition) is 9. The van der Waals surface area contributed by atoms with E-state index in [1.165, 1.54) is 0 Å². The van der Waals surface area contributed by atoms with Gasteiger partial charge in [-0.2, -0.15) is 10.4 Å². The lowest BCUT2D eigenvalue weighted by Gasteiger charge is -2.41. The molecule has 4 N–H and O–H groups in total. The summed E-state index contributed by atoms with van der Waals surface area (Å²) in [6, 6.07) is 8.67. The number of nitrogens with two attached hydrogens (primary N) is 1. The third kappa shape index (κ3) is 4.17. The second-order valence-corrected chi connectivity index (χ2v) is 10.1. The predicted molar refractivity (Wildman–Crippen MR) is 140 cm³/mol. The number of ether oxygens (including phenoxy) is 1. The van der Waals surface area contributed by atoms with Crippen LogP contribution in [0, 0.1) is 48.9 Å². The Morgan fingerprint density at radius 3 is 2.63 bits per heavy atom. The van der Waals surface area contributed by atoms with Crippen molar-refractivity contribution in [1.29, 1.82) is 5.26 Å². The van der Waals surface area contributed by atoms with E-state index >= 15 is 0 Å². The predicted octanol–water partition coefficient (Wildman–Crippen LogP) is 3.20. The minimum Gasteiger partial charge on any atom is -0.422 e. The normalized spacial score (nSPS) is 19.6. The number of H-pyrrole nitrogens is 1. The molecule has 1 unspecified atom stereocenters. The summed E-state index contributed by atoms with van der Waals surface area (Å²) in [6.07, 6.45) is 1.76. The Morgan fingerprint density at radius 1 is 1.24 bits per heavy atom. The number of benzene rings is 1. The highest BCUT2D eigenvalue weighted by Gasteiger charge is 2.50. The SMILES string of the molecule is Cc1nnc(N2CCC(C#Cc3cc(CO)cc(C4(C(C)C)C(C#N)=C(N)Oc5[nH]nc(C)c54)c3)CC2)o1. The number of nitriles is 1. The van der Waals surface area contributed by atoms with Gasteiger partial charge in [0.1, 0.15) is 11.6 Å². The summed E-state index contributed by atoms with van der Waals surface area (Å²) in [5.74, 6) is 7.93. The smallest absolute Gasteiger partial charge is 0.318 e. The van der Waals surface area contributed by atoms with Gasteiger partial charge in [-0.3, -0.25) is 0 Å². The lowest BCUT2D eigenvalue weighted by molar-refractivity contribution is 0.281. The summed E-state index contributed by atoms with van der Waals surface area (Å²) in [7, 11) is 0. The average molecular weight is 514 g/mol. The first-order valence-corrected chi connectivity index (χ1v) is 12.7. The molecule has 0 spiro atoms. The second kappa shape index (κ2) is 9.88. The van der Waals surface area contributed by atoms with E-state index in [1.807, 2.05) is 39.0 Å². The summed E-state index contributed by atoms with van der Waals surface area (Å²) < 4.78 is 11.3. The van der Waals surface area contributed by atoms with Crippen molar-refractivity contribution in [3.05, 3.63) is 63.5 Å². The highest BCUT2D eigenvalue weighted by molar-refractivity contribution is 5.63. The van der Waals surface area contributed by atoms with E-state index in [2.05, 4.69) is 43.2 Å². The number of piperidine rings is 1. The van der Waals surface area contributed by atoms with E-state index in [0.717, 1.165) is 48.3 Å². The molecule has 1 saturated heterocycles. The number of aliphatic hydroxyl groups is 1. The lowest BCUT2D eigenvalue weighted by atomic mass is 9.61. The molecule has 0 aliphatic carbocycles. The van der Waals surface area contributed by atoms with E-state index in [0.29, 0.717) is 28.9 Å². The molecule has 4 heterocycles. The van der Waals surface area contributed by atoms with Crippen molar-refractivity contribution in [1.82, 2.24) is 20.4 Å². The van der Waals surface area contributed by atoms with Gasteiger partial charge in [-0.1, -0.05) is 36.9 Å². The Bertz CT molecular complexity index is 1490. The van der Waals surface area contributed by atoms with Gasteiger partial charge < -0.3 is 24.9 Å². The molecule has 3 aromatic rings. The van der Waals surface area contributed by atoms with Crippen molar-refractivity contribution in [3.63, 3.8) is 0 Å². The molecule has 1 aromatic carbocycles. The highest BCUT2D eigenvalue weighted by Crippen LogP contribution is 2.52. The molecule has 0 radical (unpaired) electrons. The molecular formula is C28H31N7O3. The van der Waals surface area contributed by atoms with Crippen molar-refractivity contribution in [2.75, 3.05) is 18.0 Å². The van der Waals surface area contributed by atoms with E-state index < -0.39 is 5.41 Å². The fourth-order valence-corrected chi connectivity index (χ4v) is 5.67. The Kier molecular flexibility index (Phi) is 6.60. The minimum atomic E-state index is -0.918. The van der Waals surface area contributed by atoms with E-state index in [-0.39, 0.29) is 24.3 Å². The van der Waals surface area contributed by atoms with Crippen LogP contribution in [0.15, 0.2) is 34.1 Å². The Hall–Kier alpha value is -4.28. The molecule has 10 nitrogen and oxygen atoms in total. The number of aryl methyl sites for hydroxylation is 2. The summed E-state index contributed by atoms with van der Waals surface area (Å²) in [4.78, 5) is 2.09. The van der Waals surface area contributed by atoms with Gasteiger partial charge in [0.15, 0.2) is 0 Å². The molecule has 2 aromatic heterocycles. The van der Waals surface area contributed by atoms with Crippen LogP contribution < -0.4 is 15.4 Å². The van der Waals surface area contributed by atoms with E-state index in [4.69, 9.17) is 14.9 Å². The van der Waals surface area contributed by atoms with Crippen LogP contribution in [0.5, 0.6) is 5.88 Å². The second-order valence-electron chi connectivity index (χ2n) is 10.1. The molecule has 38 heavy (non-hydrogen) atoms. The van der Waals surface area contributed by atoms with Crippen LogP contribution in [0.2, 0.25) is 0 Å². The van der Waals surface area contributed by atoms with Crippen LogP contribution in [0.1, 0.15) is 60.5 Å². The molecule has 2 aliphatic rings. The fraction of sp³-hybridized carbons (Fsp3) is 0.429. The maximum Gasteiger partial charge on any atom is 0.318 e. The Balaban J connectivity index is 1.52. The van der Waals surface area contributed by atoms with E-state index in [9.17, 15) is 10.4 Å². The quantitative estimate of drug-likeness (QED) is 0.447. The number of nitrogens with zero attached hydrogens (tertiary/aromatic N) is 5. The molecule has 196 valence electrons. The van der Waals surface area contributed by atoms with Gasteiger partial charge in [0.2, 0.25) is 17.7 Å². The highest BCUT2D eigenvalue weighted by atomic mass is 16.5. The molecule has 10 heteroatoms. The summed E-state index contributed by atoms with van der Waals surface area (Å²) in [5.41, 5.74) is 9.47. The maximum atomic E-state index is 10.2. The number of fused-ring (bicyclic) bond motifs is 1. The van der Waals surface area contributed by atoms with Crippen molar-refractivity contribution < 1.29 is 14.3 Å². The molecule has 5 rings (SSSR count). The van der Waals surface area contributed by atoms with Crippen LogP contribution >= 0.6 is 0 Å². The summed E-state index contributed by atoms with van der Waals surface area (Å²) in [6.45, 7) is 9.17. The Labute approximate surface area is 221 Å². The van der Waals surface area contributed by atoms with Crippen LogP contribution in [0.25, 0.3) is 0 Å². The van der Waals surface area contributed by atoms with Crippen molar-refractivity contribution in [3.8, 4) is 23.8 Å². The number of aliphatic hydroxyl groups excluding tert-OH is 1. The largest absolute Gasteiger partial charge is 0.422 e. The minimum absolute atomic E-state index is 0.0441. The number of aromatic nitrogens is 4. The van der Waals surface area contributed by atoms with Gasteiger partial charge in [-0.25, -0.2) is 5.10 Å². The summed E-state index contributed by atoms with van der Waals surface area (Å²) in [5, 5.41) is 35.7. The van der Waals surface area contributed by atoms with Crippen LogP contribution in [0.3, 0.4) is 0 Å². The molecular weight excluding hydrogens is 482 g/mol. The molecule has 1 fully saturated rings. The molecule has 1 atom stereocenters. The van der Waals surface area contributed by atoms with Crippen molar-refractivity contribution in [2.45, 2.75) is 52.6 Å². The van der Waals surface area contributed by atoms with Gasteiger partial charge in [0, 0.05) is 31.5 Å². The fourth-order valence-electron chi connectivity index (χ4n) is 5.67.